The minimum absolute atomic E-state index is 0.0787. The number of hydrogen-bond acceptors (Lipinski definition) is 3. The minimum Gasteiger partial charge on any atom is -0.484 e. The van der Waals surface area contributed by atoms with Crippen LogP contribution in [0.5, 0.6) is 5.75 Å². The molecule has 3 rings (SSSR count). The quantitative estimate of drug-likeness (QED) is 0.835. The van der Waals surface area contributed by atoms with Crippen LogP contribution in [0.3, 0.4) is 0 Å². The molecule has 0 spiro atoms. The maximum absolute atomic E-state index is 13.6. The van der Waals surface area contributed by atoms with Crippen LogP contribution in [-0.2, 0) is 4.79 Å². The molecule has 0 radical (unpaired) electrons. The molecule has 0 bridgehead atoms. The van der Waals surface area contributed by atoms with E-state index in [9.17, 15) is 13.6 Å². The van der Waals surface area contributed by atoms with Crippen molar-refractivity contribution >= 4 is 5.91 Å². The van der Waals surface area contributed by atoms with E-state index in [0.29, 0.717) is 13.1 Å². The van der Waals surface area contributed by atoms with Gasteiger partial charge in [-0.3, -0.25) is 9.69 Å². The summed E-state index contributed by atoms with van der Waals surface area (Å²) in [5.74, 6) is -0.631. The third-order valence-corrected chi connectivity index (χ3v) is 4.23. The van der Waals surface area contributed by atoms with Gasteiger partial charge >= 0.3 is 0 Å². The van der Waals surface area contributed by atoms with Crippen LogP contribution in [0.2, 0.25) is 0 Å². The zero-order valence-corrected chi connectivity index (χ0v) is 14.2. The lowest BCUT2D eigenvalue weighted by atomic mass is 10.0. The monoisotopic (exact) mass is 346 g/mol. The van der Waals surface area contributed by atoms with E-state index in [1.165, 1.54) is 18.2 Å². The average Bonchev–Trinajstić information content (AvgIpc) is 2.53. The van der Waals surface area contributed by atoms with Gasteiger partial charge in [0.2, 0.25) is 5.91 Å². The van der Waals surface area contributed by atoms with E-state index in [-0.39, 0.29) is 23.6 Å². The number of carbonyl (C=O) groups excluding carboxylic acids is 1. The summed E-state index contributed by atoms with van der Waals surface area (Å²) in [6.45, 7) is 0.803. The smallest absolute Gasteiger partial charge is 0.244 e. The second-order valence-electron chi connectivity index (χ2n) is 6.33. The van der Waals surface area contributed by atoms with Gasteiger partial charge < -0.3 is 9.64 Å². The Morgan fingerprint density at radius 1 is 1.12 bits per heavy atom. The van der Waals surface area contributed by atoms with Gasteiger partial charge in [0, 0.05) is 0 Å². The van der Waals surface area contributed by atoms with Gasteiger partial charge in [0.1, 0.15) is 18.0 Å². The second kappa shape index (κ2) is 7.19. The van der Waals surface area contributed by atoms with Crippen molar-refractivity contribution in [3.8, 4) is 5.75 Å². The molecule has 1 saturated heterocycles. The largest absolute Gasteiger partial charge is 0.484 e. The van der Waals surface area contributed by atoms with Gasteiger partial charge in [-0.05, 0) is 43.9 Å². The van der Waals surface area contributed by atoms with Crippen LogP contribution in [-0.4, -0.2) is 49.0 Å². The standard InChI is InChI=1S/C19H20F2N2O2/c1-22(2)18(13-7-9-14(20)10-8-13)19(24)23-11-15(12-23)25-17-6-4-3-5-16(17)21/h3-10,15,18H,11-12H2,1-2H3/t18-/m1/s1. The maximum atomic E-state index is 13.6. The summed E-state index contributed by atoms with van der Waals surface area (Å²) in [4.78, 5) is 16.2. The van der Waals surface area contributed by atoms with Crippen LogP contribution >= 0.6 is 0 Å². The van der Waals surface area contributed by atoms with Crippen molar-refractivity contribution in [1.29, 1.82) is 0 Å². The molecule has 1 aliphatic rings. The normalized spacial score (nSPS) is 15.8. The van der Waals surface area contributed by atoms with Gasteiger partial charge in [0.15, 0.2) is 11.6 Å². The van der Waals surface area contributed by atoms with Crippen molar-refractivity contribution in [3.05, 3.63) is 65.7 Å². The van der Waals surface area contributed by atoms with Gasteiger partial charge in [-0.25, -0.2) is 8.78 Å². The Balaban J connectivity index is 1.63. The van der Waals surface area contributed by atoms with E-state index < -0.39 is 11.9 Å². The highest BCUT2D eigenvalue weighted by molar-refractivity contribution is 5.84. The summed E-state index contributed by atoms with van der Waals surface area (Å²) >= 11 is 0. The van der Waals surface area contributed by atoms with Crippen molar-refractivity contribution in [2.45, 2.75) is 12.1 Å². The summed E-state index contributed by atoms with van der Waals surface area (Å²) in [6, 6.07) is 11.7. The van der Waals surface area contributed by atoms with Crippen LogP contribution in [0.15, 0.2) is 48.5 Å². The number of halogens is 2. The maximum Gasteiger partial charge on any atom is 0.244 e. The molecule has 1 heterocycles. The molecule has 132 valence electrons. The molecule has 2 aromatic carbocycles. The topological polar surface area (TPSA) is 32.8 Å². The Bertz CT molecular complexity index is 743. The van der Waals surface area contributed by atoms with Crippen LogP contribution in [0.25, 0.3) is 0 Å². The van der Waals surface area contributed by atoms with Crippen LogP contribution in [0, 0.1) is 11.6 Å². The molecule has 1 fully saturated rings. The summed E-state index contributed by atoms with van der Waals surface area (Å²) in [5, 5.41) is 0. The highest BCUT2D eigenvalue weighted by Crippen LogP contribution is 2.26. The van der Waals surface area contributed by atoms with E-state index in [1.807, 2.05) is 0 Å². The molecule has 0 saturated carbocycles. The van der Waals surface area contributed by atoms with Gasteiger partial charge in [-0.1, -0.05) is 24.3 Å². The second-order valence-corrected chi connectivity index (χ2v) is 6.33. The van der Waals surface area contributed by atoms with E-state index in [4.69, 9.17) is 4.74 Å². The van der Waals surface area contributed by atoms with Crippen molar-refractivity contribution in [2.75, 3.05) is 27.2 Å². The Hall–Kier alpha value is -2.47. The first-order valence-electron chi connectivity index (χ1n) is 8.07. The lowest BCUT2D eigenvalue weighted by molar-refractivity contribution is -0.145. The lowest BCUT2D eigenvalue weighted by Gasteiger charge is -2.41. The van der Waals surface area contributed by atoms with E-state index in [0.717, 1.165) is 5.56 Å². The van der Waals surface area contributed by atoms with Crippen molar-refractivity contribution in [2.24, 2.45) is 0 Å². The number of benzene rings is 2. The third-order valence-electron chi connectivity index (χ3n) is 4.23. The number of ether oxygens (including phenoxy) is 1. The Morgan fingerprint density at radius 2 is 1.76 bits per heavy atom. The molecule has 0 unspecified atom stereocenters. The summed E-state index contributed by atoms with van der Waals surface area (Å²) < 4.78 is 32.3. The van der Waals surface area contributed by atoms with E-state index in [2.05, 4.69) is 0 Å². The van der Waals surface area contributed by atoms with Gasteiger partial charge in [0.05, 0.1) is 13.1 Å². The molecule has 4 nitrogen and oxygen atoms in total. The van der Waals surface area contributed by atoms with E-state index >= 15 is 0 Å². The summed E-state index contributed by atoms with van der Waals surface area (Å²) in [7, 11) is 3.61. The number of para-hydroxylation sites is 1. The van der Waals surface area contributed by atoms with Gasteiger partial charge in [-0.2, -0.15) is 0 Å². The van der Waals surface area contributed by atoms with Crippen molar-refractivity contribution in [3.63, 3.8) is 0 Å². The van der Waals surface area contributed by atoms with Gasteiger partial charge in [-0.15, -0.1) is 0 Å². The number of nitrogens with zero attached hydrogens (tertiary/aromatic N) is 2. The lowest BCUT2D eigenvalue weighted by Crippen LogP contribution is -2.58. The number of rotatable bonds is 5. The molecule has 0 aromatic heterocycles. The fourth-order valence-corrected chi connectivity index (χ4v) is 2.89. The first kappa shape index (κ1) is 17.4. The Labute approximate surface area is 145 Å². The highest BCUT2D eigenvalue weighted by Gasteiger charge is 2.37. The Morgan fingerprint density at radius 3 is 2.36 bits per heavy atom. The SMILES string of the molecule is CN(C)[C@@H](C(=O)N1CC(Oc2ccccc2F)C1)c1ccc(F)cc1. The molecular weight excluding hydrogens is 326 g/mol. The minimum atomic E-state index is -0.491. The first-order valence-corrected chi connectivity index (χ1v) is 8.07. The molecule has 1 aliphatic heterocycles. The van der Waals surface area contributed by atoms with E-state index in [1.54, 1.807) is 54.2 Å². The summed E-state index contributed by atoms with van der Waals surface area (Å²) in [6.07, 6.45) is -0.225. The number of carbonyl (C=O) groups is 1. The van der Waals surface area contributed by atoms with Crippen molar-refractivity contribution in [1.82, 2.24) is 9.80 Å². The summed E-state index contributed by atoms with van der Waals surface area (Å²) in [5.41, 5.74) is 0.731. The number of hydrogen-bond donors (Lipinski definition) is 0. The predicted octanol–water partition coefficient (Wildman–Crippen LogP) is 2.86. The van der Waals surface area contributed by atoms with Crippen LogP contribution in [0.1, 0.15) is 11.6 Å². The van der Waals surface area contributed by atoms with Crippen LogP contribution in [0.4, 0.5) is 8.78 Å². The van der Waals surface area contributed by atoms with Gasteiger partial charge in [0.25, 0.3) is 0 Å². The van der Waals surface area contributed by atoms with Crippen LogP contribution < -0.4 is 4.74 Å². The molecule has 0 N–H and O–H groups in total. The third kappa shape index (κ3) is 3.79. The molecule has 0 aliphatic carbocycles. The first-order chi connectivity index (χ1) is 12.0. The molecule has 2 aromatic rings. The highest BCUT2D eigenvalue weighted by atomic mass is 19.1. The Kier molecular flexibility index (Phi) is 4.99. The number of likely N-dealkylation sites (tertiary alicyclic amines) is 1. The molecular formula is C19H20F2N2O2. The zero-order chi connectivity index (χ0) is 18.0. The zero-order valence-electron chi connectivity index (χ0n) is 14.2. The predicted molar refractivity (Wildman–Crippen MR) is 90.2 cm³/mol. The molecule has 1 amide bonds. The number of amides is 1. The fraction of sp³-hybridized carbons (Fsp3) is 0.316. The number of likely N-dealkylation sites (N-methyl/N-ethyl adjacent to an activating group) is 1. The van der Waals surface area contributed by atoms with Crippen molar-refractivity contribution < 1.29 is 18.3 Å². The molecule has 6 heteroatoms. The fourth-order valence-electron chi connectivity index (χ4n) is 2.89. The molecule has 1 atom stereocenters. The molecule has 25 heavy (non-hydrogen) atoms. The average molecular weight is 346 g/mol.